The number of halogens is 6. The molecule has 0 fully saturated rings. The molecule has 0 unspecified atom stereocenters. The molecule has 0 aliphatic rings. The summed E-state index contributed by atoms with van der Waals surface area (Å²) in [5.41, 5.74) is -1.77. The third kappa shape index (κ3) is 3.77. The van der Waals surface area contributed by atoms with Crippen LogP contribution < -0.4 is 0 Å². The van der Waals surface area contributed by atoms with E-state index in [0.29, 0.717) is 50.8 Å². The van der Waals surface area contributed by atoms with Crippen molar-refractivity contribution in [3.8, 4) is 23.5 Å². The van der Waals surface area contributed by atoms with E-state index in [-0.39, 0.29) is 22.2 Å². The summed E-state index contributed by atoms with van der Waals surface area (Å²) in [5, 5.41) is 21.6. The fourth-order valence-corrected chi connectivity index (χ4v) is 5.90. The number of benzene rings is 5. The van der Waals surface area contributed by atoms with E-state index in [1.165, 1.54) is 15.2 Å². The first-order chi connectivity index (χ1) is 20.6. The maximum Gasteiger partial charge on any atom is 0.418 e. The third-order valence-corrected chi connectivity index (χ3v) is 7.56. The van der Waals surface area contributed by atoms with Crippen LogP contribution in [0.4, 0.5) is 26.3 Å². The topological polar surface area (TPSA) is 57.4 Å². The molecule has 208 valence electrons. The van der Waals surface area contributed by atoms with Gasteiger partial charge in [-0.25, -0.2) is 13.2 Å². The number of aromatic nitrogens is 2. The van der Waals surface area contributed by atoms with Gasteiger partial charge in [0.05, 0.1) is 50.5 Å². The normalized spacial score (nSPS) is 11.9. The van der Waals surface area contributed by atoms with E-state index in [1.54, 1.807) is 66.7 Å². The zero-order valence-electron chi connectivity index (χ0n) is 21.6. The highest BCUT2D eigenvalue weighted by atomic mass is 19.4. The Morgan fingerprint density at radius 1 is 0.558 bits per heavy atom. The van der Waals surface area contributed by atoms with Crippen LogP contribution in [0, 0.1) is 40.1 Å². The number of alkyl halides is 3. The molecule has 0 spiro atoms. The van der Waals surface area contributed by atoms with Crippen molar-refractivity contribution < 1.29 is 26.3 Å². The molecule has 0 aliphatic heterocycles. The summed E-state index contributed by atoms with van der Waals surface area (Å²) >= 11 is 0. The number of hydrogen-bond acceptors (Lipinski definition) is 2. The summed E-state index contributed by atoms with van der Waals surface area (Å²) in [6, 6.07) is 23.1. The second-order valence-corrected chi connectivity index (χ2v) is 9.95. The molecule has 7 rings (SSSR count). The molecule has 10 heteroatoms. The van der Waals surface area contributed by atoms with Crippen molar-refractivity contribution in [2.75, 3.05) is 0 Å². The lowest BCUT2D eigenvalue weighted by molar-refractivity contribution is -0.137. The monoisotopic (exact) mass is 580 g/mol. The molecular formula is C33H14F6N4. The summed E-state index contributed by atoms with van der Waals surface area (Å²) in [4.78, 5) is 0. The van der Waals surface area contributed by atoms with Crippen LogP contribution in [0.3, 0.4) is 0 Å². The lowest BCUT2D eigenvalue weighted by atomic mass is 10.0. The smallest absolute Gasteiger partial charge is 0.307 e. The van der Waals surface area contributed by atoms with Crippen LogP contribution in [0.2, 0.25) is 0 Å². The molecule has 0 atom stereocenters. The van der Waals surface area contributed by atoms with Gasteiger partial charge in [-0.2, -0.15) is 23.7 Å². The minimum atomic E-state index is -4.94. The summed E-state index contributed by atoms with van der Waals surface area (Å²) in [7, 11) is 0. The maximum atomic E-state index is 15.2. The molecule has 2 heterocycles. The lowest BCUT2D eigenvalue weighted by Gasteiger charge is -2.18. The summed E-state index contributed by atoms with van der Waals surface area (Å²) in [6.45, 7) is 0. The van der Waals surface area contributed by atoms with E-state index in [0.717, 1.165) is 6.07 Å². The molecule has 0 aliphatic carbocycles. The zero-order chi connectivity index (χ0) is 30.2. The van der Waals surface area contributed by atoms with Crippen molar-refractivity contribution in [1.82, 2.24) is 9.13 Å². The van der Waals surface area contributed by atoms with Gasteiger partial charge in [-0.1, -0.05) is 36.4 Å². The Kier molecular flexibility index (Phi) is 5.56. The molecule has 43 heavy (non-hydrogen) atoms. The van der Waals surface area contributed by atoms with Gasteiger partial charge in [-0.15, -0.1) is 0 Å². The van der Waals surface area contributed by atoms with E-state index in [1.807, 2.05) is 0 Å². The Bertz CT molecular complexity index is 2380. The average Bonchev–Trinajstić information content (AvgIpc) is 3.46. The number of nitriles is 2. The number of rotatable bonds is 2. The van der Waals surface area contributed by atoms with Gasteiger partial charge in [0.25, 0.3) is 0 Å². The Balaban J connectivity index is 1.72. The predicted molar refractivity (Wildman–Crippen MR) is 149 cm³/mol. The first kappa shape index (κ1) is 26.2. The van der Waals surface area contributed by atoms with Crippen molar-refractivity contribution in [3.63, 3.8) is 0 Å². The Hall–Kier alpha value is -5.74. The van der Waals surface area contributed by atoms with E-state index in [9.17, 15) is 28.1 Å². The fraction of sp³-hybridized carbons (Fsp3) is 0.0303. The van der Waals surface area contributed by atoms with Crippen LogP contribution in [-0.4, -0.2) is 9.13 Å². The molecule has 2 aromatic heterocycles. The minimum Gasteiger partial charge on any atom is -0.307 e. The van der Waals surface area contributed by atoms with E-state index < -0.39 is 40.6 Å². The minimum absolute atomic E-state index is 0.215. The molecule has 0 amide bonds. The van der Waals surface area contributed by atoms with Gasteiger partial charge in [0.1, 0.15) is 17.6 Å². The van der Waals surface area contributed by atoms with Crippen LogP contribution in [0.15, 0.2) is 84.9 Å². The summed E-state index contributed by atoms with van der Waals surface area (Å²) in [6.07, 6.45) is -4.94. The zero-order valence-corrected chi connectivity index (χ0v) is 21.6. The number of nitrogens with zero attached hydrogens (tertiary/aromatic N) is 4. The molecule has 0 N–H and O–H groups in total. The SMILES string of the molecule is N#Cc1cc(C#N)c(-n2c3ccccc3c3cc4c5ccccc5n(-c5c(F)cc(F)cc5F)c4cc32)c(C(F)(F)F)c1. The van der Waals surface area contributed by atoms with E-state index >= 15 is 8.78 Å². The standard InChI is InChI=1S/C33H14F6N4/c34-19-11-25(35)32(26(36)12-19)43-28-8-4-2-6-21(28)23-13-22-20-5-1-3-7-27(20)42(29(22)14-30(23)43)31-18(16-41)9-17(15-40)10-24(31)33(37,38)39/h1-14H. The molecule has 0 saturated carbocycles. The van der Waals surface area contributed by atoms with Crippen LogP contribution in [0.1, 0.15) is 16.7 Å². The van der Waals surface area contributed by atoms with E-state index in [4.69, 9.17) is 0 Å². The maximum absolute atomic E-state index is 15.2. The number of hydrogen-bond donors (Lipinski definition) is 0. The molecule has 4 nitrogen and oxygen atoms in total. The van der Waals surface area contributed by atoms with Crippen LogP contribution in [0.25, 0.3) is 55.0 Å². The third-order valence-electron chi connectivity index (χ3n) is 7.56. The number of fused-ring (bicyclic) bond motifs is 6. The molecular weight excluding hydrogens is 566 g/mol. The van der Waals surface area contributed by atoms with Gasteiger partial charge in [-0.05, 0) is 36.4 Å². The number of para-hydroxylation sites is 2. The van der Waals surface area contributed by atoms with Gasteiger partial charge in [0, 0.05) is 33.7 Å². The van der Waals surface area contributed by atoms with E-state index in [2.05, 4.69) is 0 Å². The highest BCUT2D eigenvalue weighted by Crippen LogP contribution is 2.43. The van der Waals surface area contributed by atoms with Gasteiger partial charge in [0.15, 0.2) is 11.6 Å². The van der Waals surface area contributed by atoms with Crippen LogP contribution >= 0.6 is 0 Å². The first-order valence-electron chi connectivity index (χ1n) is 12.8. The van der Waals surface area contributed by atoms with Crippen LogP contribution in [0.5, 0.6) is 0 Å². The van der Waals surface area contributed by atoms with Crippen molar-refractivity contribution in [3.05, 3.63) is 119 Å². The lowest BCUT2D eigenvalue weighted by Crippen LogP contribution is -2.13. The van der Waals surface area contributed by atoms with Crippen molar-refractivity contribution in [1.29, 1.82) is 10.5 Å². The quantitative estimate of drug-likeness (QED) is 0.192. The fourth-order valence-electron chi connectivity index (χ4n) is 5.90. The van der Waals surface area contributed by atoms with Crippen molar-refractivity contribution >= 4 is 43.6 Å². The van der Waals surface area contributed by atoms with Crippen molar-refractivity contribution in [2.45, 2.75) is 6.18 Å². The summed E-state index contributed by atoms with van der Waals surface area (Å²) in [5.74, 6) is -3.44. The molecule has 0 radical (unpaired) electrons. The summed E-state index contributed by atoms with van der Waals surface area (Å²) < 4.78 is 90.4. The Labute approximate surface area is 238 Å². The van der Waals surface area contributed by atoms with Crippen LogP contribution in [-0.2, 0) is 6.18 Å². The highest BCUT2D eigenvalue weighted by Gasteiger charge is 2.37. The Morgan fingerprint density at radius 3 is 1.60 bits per heavy atom. The molecule has 7 aromatic rings. The molecule has 5 aromatic carbocycles. The highest BCUT2D eigenvalue weighted by molar-refractivity contribution is 6.19. The second-order valence-electron chi connectivity index (χ2n) is 9.95. The average molecular weight is 580 g/mol. The van der Waals surface area contributed by atoms with Gasteiger partial charge >= 0.3 is 6.18 Å². The van der Waals surface area contributed by atoms with Gasteiger partial charge < -0.3 is 9.13 Å². The molecule has 0 bridgehead atoms. The Morgan fingerprint density at radius 2 is 1.09 bits per heavy atom. The van der Waals surface area contributed by atoms with Gasteiger partial charge in [-0.3, -0.25) is 0 Å². The van der Waals surface area contributed by atoms with Gasteiger partial charge in [0.2, 0.25) is 0 Å². The van der Waals surface area contributed by atoms with Crippen molar-refractivity contribution in [2.24, 2.45) is 0 Å². The first-order valence-corrected chi connectivity index (χ1v) is 12.8. The second kappa shape index (κ2) is 9.13. The predicted octanol–water partition coefficient (Wildman–Crippen LogP) is 9.06. The molecule has 0 saturated heterocycles. The largest absolute Gasteiger partial charge is 0.418 e.